The van der Waals surface area contributed by atoms with Crippen LogP contribution in [0.1, 0.15) is 12.5 Å². The number of ether oxygens (including phenoxy) is 1. The van der Waals surface area contributed by atoms with E-state index in [-0.39, 0.29) is 12.3 Å². The molecule has 1 aromatic rings. The zero-order valence-corrected chi connectivity index (χ0v) is 12.3. The Labute approximate surface area is 115 Å². The van der Waals surface area contributed by atoms with Crippen LogP contribution in [-0.2, 0) is 10.0 Å². The molecule has 0 aliphatic rings. The van der Waals surface area contributed by atoms with Crippen molar-refractivity contribution in [3.63, 3.8) is 0 Å². The van der Waals surface area contributed by atoms with Gasteiger partial charge in [-0.25, -0.2) is 13.1 Å². The van der Waals surface area contributed by atoms with E-state index in [1.54, 1.807) is 0 Å². The van der Waals surface area contributed by atoms with E-state index in [4.69, 9.17) is 4.74 Å². The molecule has 5 nitrogen and oxygen atoms in total. The normalized spacial score (nSPS) is 11.5. The zero-order chi connectivity index (χ0) is 14.1. The highest BCUT2D eigenvalue weighted by Gasteiger charge is 2.08. The lowest BCUT2D eigenvalue weighted by molar-refractivity contribution is 0.322. The Hall–Kier alpha value is -1.11. The summed E-state index contributed by atoms with van der Waals surface area (Å²) in [6.45, 7) is 5.76. The van der Waals surface area contributed by atoms with Crippen molar-refractivity contribution in [2.75, 3.05) is 32.0 Å². The van der Waals surface area contributed by atoms with Gasteiger partial charge in [-0.3, -0.25) is 0 Å². The van der Waals surface area contributed by atoms with Crippen LogP contribution in [0.5, 0.6) is 5.75 Å². The SMILES string of the molecule is CCNCCS(=O)(=O)NCCOc1cccc(C)c1. The molecule has 0 saturated carbocycles. The maximum atomic E-state index is 11.6. The summed E-state index contributed by atoms with van der Waals surface area (Å²) in [5.74, 6) is 0.845. The van der Waals surface area contributed by atoms with Crippen LogP contribution >= 0.6 is 0 Å². The maximum absolute atomic E-state index is 11.6. The predicted octanol–water partition coefficient (Wildman–Crippen LogP) is 0.903. The largest absolute Gasteiger partial charge is 0.492 e. The summed E-state index contributed by atoms with van der Waals surface area (Å²) in [5, 5.41) is 2.98. The van der Waals surface area contributed by atoms with Gasteiger partial charge in [-0.2, -0.15) is 0 Å². The standard InChI is InChI=1S/C13H22N2O3S/c1-3-14-8-10-19(16,17)15-7-9-18-13-6-4-5-12(2)11-13/h4-6,11,14-15H,3,7-10H2,1-2H3. The summed E-state index contributed by atoms with van der Waals surface area (Å²) in [6, 6.07) is 7.66. The molecule has 0 aliphatic heterocycles. The fourth-order valence-corrected chi connectivity index (χ4v) is 2.48. The third-order valence-electron chi connectivity index (χ3n) is 2.48. The van der Waals surface area contributed by atoms with Crippen molar-refractivity contribution in [1.82, 2.24) is 10.0 Å². The third-order valence-corrected chi connectivity index (χ3v) is 3.87. The van der Waals surface area contributed by atoms with Crippen LogP contribution < -0.4 is 14.8 Å². The number of hydrogen-bond acceptors (Lipinski definition) is 4. The summed E-state index contributed by atoms with van der Waals surface area (Å²) in [4.78, 5) is 0. The van der Waals surface area contributed by atoms with E-state index in [0.29, 0.717) is 13.2 Å². The molecule has 0 amide bonds. The first-order valence-corrected chi connectivity index (χ1v) is 8.06. The minimum atomic E-state index is -3.21. The topological polar surface area (TPSA) is 67.4 Å². The first-order chi connectivity index (χ1) is 9.03. The molecular formula is C13H22N2O3S. The smallest absolute Gasteiger partial charge is 0.212 e. The molecule has 0 heterocycles. The Bertz CT molecular complexity index is 475. The van der Waals surface area contributed by atoms with E-state index < -0.39 is 10.0 Å². The van der Waals surface area contributed by atoms with Crippen molar-refractivity contribution < 1.29 is 13.2 Å². The highest BCUT2D eigenvalue weighted by Crippen LogP contribution is 2.11. The molecule has 2 N–H and O–H groups in total. The van der Waals surface area contributed by atoms with E-state index in [1.165, 1.54) is 0 Å². The summed E-state index contributed by atoms with van der Waals surface area (Å²) in [7, 11) is -3.21. The van der Waals surface area contributed by atoms with Gasteiger partial charge in [-0.15, -0.1) is 0 Å². The van der Waals surface area contributed by atoms with Crippen molar-refractivity contribution in [3.8, 4) is 5.75 Å². The van der Waals surface area contributed by atoms with Crippen molar-refractivity contribution in [1.29, 1.82) is 0 Å². The van der Waals surface area contributed by atoms with Crippen LogP contribution in [0.3, 0.4) is 0 Å². The Balaban J connectivity index is 2.23. The molecule has 0 fully saturated rings. The van der Waals surface area contributed by atoms with Crippen molar-refractivity contribution in [2.45, 2.75) is 13.8 Å². The van der Waals surface area contributed by atoms with E-state index in [0.717, 1.165) is 17.9 Å². The Morgan fingerprint density at radius 1 is 1.26 bits per heavy atom. The number of benzene rings is 1. The van der Waals surface area contributed by atoms with Crippen LogP contribution in [0.15, 0.2) is 24.3 Å². The first kappa shape index (κ1) is 15.9. The number of aryl methyl sites for hydroxylation is 1. The minimum Gasteiger partial charge on any atom is -0.492 e. The van der Waals surface area contributed by atoms with E-state index in [2.05, 4.69) is 10.0 Å². The Morgan fingerprint density at radius 2 is 2.05 bits per heavy atom. The molecule has 0 atom stereocenters. The molecule has 6 heteroatoms. The van der Waals surface area contributed by atoms with Gasteiger partial charge in [0.15, 0.2) is 0 Å². The van der Waals surface area contributed by atoms with Gasteiger partial charge in [0, 0.05) is 13.1 Å². The van der Waals surface area contributed by atoms with Gasteiger partial charge in [0.05, 0.1) is 5.75 Å². The van der Waals surface area contributed by atoms with Gasteiger partial charge in [0.1, 0.15) is 12.4 Å². The Kier molecular flexibility index (Phi) is 6.83. The van der Waals surface area contributed by atoms with Gasteiger partial charge in [0.2, 0.25) is 10.0 Å². The van der Waals surface area contributed by atoms with Crippen molar-refractivity contribution >= 4 is 10.0 Å². The monoisotopic (exact) mass is 286 g/mol. The molecule has 0 saturated heterocycles. The quantitative estimate of drug-likeness (QED) is 0.662. The van der Waals surface area contributed by atoms with Crippen LogP contribution in [0, 0.1) is 6.92 Å². The van der Waals surface area contributed by atoms with Crippen LogP contribution in [0.2, 0.25) is 0 Å². The van der Waals surface area contributed by atoms with Crippen LogP contribution in [0.25, 0.3) is 0 Å². The molecule has 0 bridgehead atoms. The van der Waals surface area contributed by atoms with Gasteiger partial charge in [-0.05, 0) is 31.2 Å². The molecule has 1 aromatic carbocycles. The highest BCUT2D eigenvalue weighted by atomic mass is 32.2. The zero-order valence-electron chi connectivity index (χ0n) is 11.5. The molecule has 108 valence electrons. The number of hydrogen-bond donors (Lipinski definition) is 2. The molecular weight excluding hydrogens is 264 g/mol. The number of nitrogens with one attached hydrogen (secondary N) is 2. The minimum absolute atomic E-state index is 0.0886. The lowest BCUT2D eigenvalue weighted by Gasteiger charge is -2.09. The summed E-state index contributed by atoms with van der Waals surface area (Å²) in [5.41, 5.74) is 1.11. The summed E-state index contributed by atoms with van der Waals surface area (Å²) >= 11 is 0. The fraction of sp³-hybridized carbons (Fsp3) is 0.538. The molecule has 0 aromatic heterocycles. The average Bonchev–Trinajstić information content (AvgIpc) is 2.35. The van der Waals surface area contributed by atoms with Crippen molar-refractivity contribution in [2.24, 2.45) is 0 Å². The molecule has 1 rings (SSSR count). The second kappa shape index (κ2) is 8.14. The Morgan fingerprint density at radius 3 is 2.74 bits per heavy atom. The van der Waals surface area contributed by atoms with Gasteiger partial charge in [-0.1, -0.05) is 19.1 Å². The summed E-state index contributed by atoms with van der Waals surface area (Å²) < 4.78 is 31.1. The van der Waals surface area contributed by atoms with E-state index in [1.807, 2.05) is 38.1 Å². The van der Waals surface area contributed by atoms with E-state index >= 15 is 0 Å². The molecule has 19 heavy (non-hydrogen) atoms. The second-order valence-electron chi connectivity index (χ2n) is 4.23. The van der Waals surface area contributed by atoms with E-state index in [9.17, 15) is 8.42 Å². The fourth-order valence-electron chi connectivity index (χ4n) is 1.53. The number of rotatable bonds is 9. The third kappa shape index (κ3) is 7.15. The molecule has 0 aliphatic carbocycles. The summed E-state index contributed by atoms with van der Waals surface area (Å²) in [6.07, 6.45) is 0. The number of sulfonamides is 1. The first-order valence-electron chi connectivity index (χ1n) is 6.41. The maximum Gasteiger partial charge on any atom is 0.212 e. The molecule has 0 unspecified atom stereocenters. The van der Waals surface area contributed by atoms with Crippen molar-refractivity contribution in [3.05, 3.63) is 29.8 Å². The highest BCUT2D eigenvalue weighted by molar-refractivity contribution is 7.89. The van der Waals surface area contributed by atoms with Gasteiger partial charge in [0.25, 0.3) is 0 Å². The molecule has 0 radical (unpaired) electrons. The predicted molar refractivity (Wildman–Crippen MR) is 77.0 cm³/mol. The van der Waals surface area contributed by atoms with Gasteiger partial charge >= 0.3 is 0 Å². The van der Waals surface area contributed by atoms with Crippen LogP contribution in [-0.4, -0.2) is 40.4 Å². The van der Waals surface area contributed by atoms with Crippen LogP contribution in [0.4, 0.5) is 0 Å². The molecule has 0 spiro atoms. The lowest BCUT2D eigenvalue weighted by atomic mass is 10.2. The second-order valence-corrected chi connectivity index (χ2v) is 6.16. The lowest BCUT2D eigenvalue weighted by Crippen LogP contribution is -2.34. The average molecular weight is 286 g/mol. The van der Waals surface area contributed by atoms with Gasteiger partial charge < -0.3 is 10.1 Å².